The number of anilines is 1. The lowest BCUT2D eigenvalue weighted by molar-refractivity contribution is 0.210. The summed E-state index contributed by atoms with van der Waals surface area (Å²) in [5.74, 6) is 0.871. The largest absolute Gasteiger partial charge is 0.490 e. The number of ether oxygens (including phenoxy) is 1. The van der Waals surface area contributed by atoms with Gasteiger partial charge >= 0.3 is 5.69 Å². The first-order valence-electron chi connectivity index (χ1n) is 10.7. The van der Waals surface area contributed by atoms with Crippen molar-refractivity contribution in [1.82, 2.24) is 14.5 Å². The Hall–Kier alpha value is -2.99. The van der Waals surface area contributed by atoms with E-state index in [9.17, 15) is 4.79 Å². The van der Waals surface area contributed by atoms with E-state index < -0.39 is 0 Å². The molecule has 6 heteroatoms. The first-order chi connectivity index (χ1) is 14.7. The van der Waals surface area contributed by atoms with Gasteiger partial charge in [-0.25, -0.2) is 4.79 Å². The second-order valence-corrected chi connectivity index (χ2v) is 7.88. The third-order valence-corrected chi connectivity index (χ3v) is 5.76. The molecule has 1 saturated carbocycles. The average Bonchev–Trinajstić information content (AvgIpc) is 3.42. The quantitative estimate of drug-likeness (QED) is 0.621. The van der Waals surface area contributed by atoms with Crippen molar-refractivity contribution >= 4 is 5.69 Å². The van der Waals surface area contributed by atoms with Gasteiger partial charge < -0.3 is 15.0 Å². The zero-order chi connectivity index (χ0) is 20.9. The summed E-state index contributed by atoms with van der Waals surface area (Å²) in [5.41, 5.74) is 2.72. The molecule has 2 aromatic carbocycles. The maximum Gasteiger partial charge on any atom is 0.337 e. The van der Waals surface area contributed by atoms with Crippen LogP contribution in [-0.2, 0) is 0 Å². The highest BCUT2D eigenvalue weighted by molar-refractivity contribution is 5.50. The summed E-state index contributed by atoms with van der Waals surface area (Å²) in [6, 6.07) is 15.8. The number of hydrogen-bond donors (Lipinski definition) is 1. The molecule has 1 aliphatic carbocycles. The van der Waals surface area contributed by atoms with E-state index in [0.29, 0.717) is 6.10 Å². The molecule has 1 heterocycles. The van der Waals surface area contributed by atoms with E-state index in [2.05, 4.69) is 17.3 Å². The molecule has 6 nitrogen and oxygen atoms in total. The summed E-state index contributed by atoms with van der Waals surface area (Å²) < 4.78 is 9.35. The Bertz CT molecular complexity index is 999. The number of rotatable bonds is 8. The van der Waals surface area contributed by atoms with E-state index >= 15 is 0 Å². The van der Waals surface area contributed by atoms with Gasteiger partial charge in [0.1, 0.15) is 5.75 Å². The lowest BCUT2D eigenvalue weighted by Crippen LogP contribution is -2.27. The molecule has 158 valence electrons. The van der Waals surface area contributed by atoms with Crippen LogP contribution in [0.2, 0.25) is 0 Å². The fourth-order valence-corrected chi connectivity index (χ4v) is 3.93. The number of nitrogens with one attached hydrogen (secondary N) is 1. The molecule has 0 radical (unpaired) electrons. The van der Waals surface area contributed by atoms with Crippen molar-refractivity contribution in [2.24, 2.45) is 0 Å². The van der Waals surface area contributed by atoms with Crippen LogP contribution in [0.3, 0.4) is 0 Å². The van der Waals surface area contributed by atoms with Gasteiger partial charge in [0.2, 0.25) is 0 Å². The van der Waals surface area contributed by atoms with E-state index in [-0.39, 0.29) is 5.69 Å². The van der Waals surface area contributed by atoms with Crippen molar-refractivity contribution in [2.75, 3.05) is 32.1 Å². The highest BCUT2D eigenvalue weighted by Crippen LogP contribution is 2.24. The Morgan fingerprint density at radius 2 is 1.53 bits per heavy atom. The van der Waals surface area contributed by atoms with Crippen molar-refractivity contribution in [2.45, 2.75) is 31.8 Å². The van der Waals surface area contributed by atoms with Gasteiger partial charge in [0.05, 0.1) is 17.5 Å². The number of nitrogens with zero attached hydrogens (tertiary/aromatic N) is 3. The molecule has 1 aliphatic rings. The molecule has 0 amide bonds. The fourth-order valence-electron chi connectivity index (χ4n) is 3.93. The van der Waals surface area contributed by atoms with Gasteiger partial charge in [0, 0.05) is 38.2 Å². The van der Waals surface area contributed by atoms with Crippen molar-refractivity contribution in [3.8, 4) is 17.1 Å². The van der Waals surface area contributed by atoms with Gasteiger partial charge in [0.25, 0.3) is 0 Å². The molecule has 3 aromatic rings. The third-order valence-electron chi connectivity index (χ3n) is 5.76. The zero-order valence-corrected chi connectivity index (χ0v) is 17.8. The van der Waals surface area contributed by atoms with E-state index in [1.165, 1.54) is 12.8 Å². The Balaban J connectivity index is 1.49. The van der Waals surface area contributed by atoms with Crippen LogP contribution < -0.4 is 20.6 Å². The summed E-state index contributed by atoms with van der Waals surface area (Å²) >= 11 is 0. The number of aromatic nitrogens is 2. The first-order valence-corrected chi connectivity index (χ1v) is 10.7. The predicted octanol–water partition coefficient (Wildman–Crippen LogP) is 3.61. The van der Waals surface area contributed by atoms with Crippen LogP contribution >= 0.6 is 0 Å². The van der Waals surface area contributed by atoms with Crippen LogP contribution in [0.1, 0.15) is 25.7 Å². The SMILES string of the molecule is CNCCN(C)c1ccc(-n2ccn(-c3ccc(OC4CCCC4)cc3)c2=O)cc1. The summed E-state index contributed by atoms with van der Waals surface area (Å²) in [5, 5.41) is 3.15. The minimum absolute atomic E-state index is 0.0873. The molecule has 0 spiro atoms. The maximum atomic E-state index is 13.0. The zero-order valence-electron chi connectivity index (χ0n) is 17.8. The molecule has 1 fully saturated rings. The normalized spacial score (nSPS) is 14.2. The standard InChI is InChI=1S/C24H30N4O2/c1-25-15-16-26(2)19-7-9-20(10-8-19)27-17-18-28(24(27)29)21-11-13-23(14-12-21)30-22-5-3-4-6-22/h7-14,17-18,22,25H,3-6,15-16H2,1-2H3. The van der Waals surface area contributed by atoms with Gasteiger partial charge in [-0.2, -0.15) is 0 Å². The highest BCUT2D eigenvalue weighted by Gasteiger charge is 2.16. The van der Waals surface area contributed by atoms with E-state index in [1.807, 2.05) is 68.0 Å². The minimum Gasteiger partial charge on any atom is -0.490 e. The summed E-state index contributed by atoms with van der Waals surface area (Å²) in [6.07, 6.45) is 8.72. The molecule has 1 N–H and O–H groups in total. The van der Waals surface area contributed by atoms with Gasteiger partial charge in [-0.05, 0) is 81.3 Å². The molecule has 1 aromatic heterocycles. The predicted molar refractivity (Wildman–Crippen MR) is 121 cm³/mol. The van der Waals surface area contributed by atoms with Crippen molar-refractivity contribution in [1.29, 1.82) is 0 Å². The topological polar surface area (TPSA) is 51.4 Å². The van der Waals surface area contributed by atoms with Crippen molar-refractivity contribution in [3.63, 3.8) is 0 Å². The lowest BCUT2D eigenvalue weighted by atomic mass is 10.2. The smallest absolute Gasteiger partial charge is 0.337 e. The van der Waals surface area contributed by atoms with Gasteiger partial charge in [-0.1, -0.05) is 0 Å². The molecule has 4 rings (SSSR count). The van der Waals surface area contributed by atoms with Crippen molar-refractivity contribution in [3.05, 3.63) is 71.4 Å². The van der Waals surface area contributed by atoms with Crippen LogP contribution in [0, 0.1) is 0 Å². The summed E-state index contributed by atoms with van der Waals surface area (Å²) in [7, 11) is 4.01. The highest BCUT2D eigenvalue weighted by atomic mass is 16.5. The van der Waals surface area contributed by atoms with Crippen LogP contribution in [0.4, 0.5) is 5.69 Å². The third kappa shape index (κ3) is 4.44. The number of hydrogen-bond acceptors (Lipinski definition) is 4. The molecule has 30 heavy (non-hydrogen) atoms. The number of likely N-dealkylation sites (N-methyl/N-ethyl adjacent to an activating group) is 2. The van der Waals surface area contributed by atoms with Crippen molar-refractivity contribution < 1.29 is 4.74 Å². The molecule has 0 bridgehead atoms. The molecular formula is C24H30N4O2. The molecule has 0 saturated heterocycles. The monoisotopic (exact) mass is 406 g/mol. The first kappa shape index (κ1) is 20.3. The molecular weight excluding hydrogens is 376 g/mol. The Kier molecular flexibility index (Phi) is 6.23. The second kappa shape index (κ2) is 9.22. The minimum atomic E-state index is -0.0873. The van der Waals surface area contributed by atoms with Crippen LogP contribution in [0.15, 0.2) is 65.7 Å². The second-order valence-electron chi connectivity index (χ2n) is 7.88. The lowest BCUT2D eigenvalue weighted by Gasteiger charge is -2.19. The Morgan fingerprint density at radius 3 is 2.10 bits per heavy atom. The molecule has 0 aliphatic heterocycles. The Morgan fingerprint density at radius 1 is 0.967 bits per heavy atom. The van der Waals surface area contributed by atoms with Gasteiger partial charge in [-0.15, -0.1) is 0 Å². The summed E-state index contributed by atoms with van der Waals surface area (Å²) in [4.78, 5) is 15.2. The van der Waals surface area contributed by atoms with E-state index in [4.69, 9.17) is 4.74 Å². The van der Waals surface area contributed by atoms with Gasteiger partial charge in [-0.3, -0.25) is 9.13 Å². The number of benzene rings is 2. The summed E-state index contributed by atoms with van der Waals surface area (Å²) in [6.45, 7) is 1.84. The van der Waals surface area contributed by atoms with Crippen LogP contribution in [0.25, 0.3) is 11.4 Å². The van der Waals surface area contributed by atoms with E-state index in [1.54, 1.807) is 9.13 Å². The fraction of sp³-hybridized carbons (Fsp3) is 0.375. The molecule has 0 unspecified atom stereocenters. The van der Waals surface area contributed by atoms with Crippen LogP contribution in [0.5, 0.6) is 5.75 Å². The maximum absolute atomic E-state index is 13.0. The van der Waals surface area contributed by atoms with Gasteiger partial charge in [0.15, 0.2) is 0 Å². The number of imidazole rings is 1. The van der Waals surface area contributed by atoms with Crippen LogP contribution in [-0.4, -0.2) is 42.4 Å². The van der Waals surface area contributed by atoms with E-state index in [0.717, 1.165) is 48.7 Å². The average molecular weight is 407 g/mol. The Labute approximate surface area is 177 Å². The molecule has 0 atom stereocenters.